The van der Waals surface area contributed by atoms with Crippen LogP contribution in [0.4, 0.5) is 9.59 Å². The first kappa shape index (κ1) is 22.0. The lowest BCUT2D eigenvalue weighted by Crippen LogP contribution is -2.55. The van der Waals surface area contributed by atoms with Crippen LogP contribution in [0.1, 0.15) is 55.4 Å². The highest BCUT2D eigenvalue weighted by atomic mass is 16.6. The van der Waals surface area contributed by atoms with Crippen LogP contribution in [-0.4, -0.2) is 47.1 Å². The molecule has 0 aromatic rings. The van der Waals surface area contributed by atoms with Crippen molar-refractivity contribution >= 4 is 18.2 Å². The third-order valence-electron chi connectivity index (χ3n) is 2.78. The van der Waals surface area contributed by atoms with Gasteiger partial charge in [0.05, 0.1) is 0 Å². The summed E-state index contributed by atoms with van der Waals surface area (Å²) in [5.41, 5.74) is -2.37. The van der Waals surface area contributed by atoms with Crippen LogP contribution in [0.3, 0.4) is 0 Å². The SMILES string of the molecule is CC(C)(C)OC(=O)NCC(C)(C)C(NC(=O)OC(C)(C)C)C(=O)O. The second-order valence-corrected chi connectivity index (χ2v) is 8.26. The first-order chi connectivity index (χ1) is 10.5. The summed E-state index contributed by atoms with van der Waals surface area (Å²) in [7, 11) is 0. The van der Waals surface area contributed by atoms with E-state index in [2.05, 4.69) is 10.6 Å². The van der Waals surface area contributed by atoms with Gasteiger partial charge < -0.3 is 25.2 Å². The second-order valence-electron chi connectivity index (χ2n) is 8.26. The standard InChI is InChI=1S/C16H30N2O6/c1-14(2,3)23-12(21)17-9-16(7,8)10(11(19)20)18-13(22)24-15(4,5)6/h10H,9H2,1-8H3,(H,17,21)(H,18,22)(H,19,20). The number of carboxylic acids is 1. The number of carbonyl (C=O) groups excluding carboxylic acids is 2. The van der Waals surface area contributed by atoms with E-state index in [0.29, 0.717) is 0 Å². The zero-order valence-corrected chi connectivity index (χ0v) is 15.8. The molecule has 0 aromatic heterocycles. The number of carboxylic acid groups (broad SMARTS) is 1. The van der Waals surface area contributed by atoms with E-state index in [4.69, 9.17) is 9.47 Å². The minimum atomic E-state index is -1.25. The molecular weight excluding hydrogens is 316 g/mol. The lowest BCUT2D eigenvalue weighted by molar-refractivity contribution is -0.142. The Hall–Kier alpha value is -1.99. The molecule has 8 heteroatoms. The molecule has 0 radical (unpaired) electrons. The summed E-state index contributed by atoms with van der Waals surface area (Å²) in [6, 6.07) is -1.25. The van der Waals surface area contributed by atoms with Gasteiger partial charge in [0.25, 0.3) is 0 Å². The number of rotatable bonds is 5. The molecule has 0 aliphatic rings. The topological polar surface area (TPSA) is 114 Å². The number of nitrogens with one attached hydrogen (secondary N) is 2. The average Bonchev–Trinajstić information content (AvgIpc) is 2.29. The van der Waals surface area contributed by atoms with E-state index in [9.17, 15) is 19.5 Å². The molecule has 140 valence electrons. The lowest BCUT2D eigenvalue weighted by atomic mass is 9.84. The molecule has 1 atom stereocenters. The van der Waals surface area contributed by atoms with Gasteiger partial charge in [-0.2, -0.15) is 0 Å². The maximum absolute atomic E-state index is 11.8. The average molecular weight is 346 g/mol. The number of ether oxygens (including phenoxy) is 2. The van der Waals surface area contributed by atoms with Crippen molar-refractivity contribution in [3.63, 3.8) is 0 Å². The van der Waals surface area contributed by atoms with E-state index in [1.807, 2.05) is 0 Å². The van der Waals surface area contributed by atoms with Crippen LogP contribution in [0.2, 0.25) is 0 Å². The Morgan fingerprint density at radius 3 is 1.67 bits per heavy atom. The highest BCUT2D eigenvalue weighted by Crippen LogP contribution is 2.21. The Morgan fingerprint density at radius 1 is 0.875 bits per heavy atom. The van der Waals surface area contributed by atoms with Gasteiger partial charge in [0.2, 0.25) is 0 Å². The van der Waals surface area contributed by atoms with E-state index in [-0.39, 0.29) is 6.54 Å². The Balaban J connectivity index is 4.87. The van der Waals surface area contributed by atoms with Crippen molar-refractivity contribution in [2.24, 2.45) is 5.41 Å². The Labute approximate surface area is 143 Å². The van der Waals surface area contributed by atoms with Crippen molar-refractivity contribution in [2.75, 3.05) is 6.54 Å². The van der Waals surface area contributed by atoms with Crippen molar-refractivity contribution in [1.29, 1.82) is 0 Å². The summed E-state index contributed by atoms with van der Waals surface area (Å²) in [6.45, 7) is 13.4. The molecule has 0 saturated heterocycles. The van der Waals surface area contributed by atoms with Crippen LogP contribution in [0.25, 0.3) is 0 Å². The van der Waals surface area contributed by atoms with Gasteiger partial charge in [-0.3, -0.25) is 0 Å². The predicted molar refractivity (Wildman–Crippen MR) is 88.8 cm³/mol. The molecule has 24 heavy (non-hydrogen) atoms. The third-order valence-corrected chi connectivity index (χ3v) is 2.78. The Morgan fingerprint density at radius 2 is 1.29 bits per heavy atom. The van der Waals surface area contributed by atoms with Crippen LogP contribution in [0.15, 0.2) is 0 Å². The zero-order valence-electron chi connectivity index (χ0n) is 15.8. The maximum atomic E-state index is 11.8. The number of hydrogen-bond donors (Lipinski definition) is 3. The molecule has 0 aliphatic heterocycles. The van der Waals surface area contributed by atoms with Crippen LogP contribution < -0.4 is 10.6 Å². The van der Waals surface area contributed by atoms with Crippen molar-refractivity contribution < 1.29 is 29.0 Å². The number of amides is 2. The van der Waals surface area contributed by atoms with E-state index < -0.39 is 40.8 Å². The number of hydrogen-bond acceptors (Lipinski definition) is 5. The Kier molecular flexibility index (Phi) is 7.08. The van der Waals surface area contributed by atoms with Gasteiger partial charge in [0.15, 0.2) is 0 Å². The smallest absolute Gasteiger partial charge is 0.408 e. The van der Waals surface area contributed by atoms with Crippen LogP contribution in [0.5, 0.6) is 0 Å². The van der Waals surface area contributed by atoms with Crippen molar-refractivity contribution in [2.45, 2.75) is 72.6 Å². The van der Waals surface area contributed by atoms with E-state index in [0.717, 1.165) is 0 Å². The van der Waals surface area contributed by atoms with Crippen LogP contribution in [-0.2, 0) is 14.3 Å². The van der Waals surface area contributed by atoms with Crippen molar-refractivity contribution in [1.82, 2.24) is 10.6 Å². The maximum Gasteiger partial charge on any atom is 0.408 e. The molecule has 1 unspecified atom stereocenters. The van der Waals surface area contributed by atoms with Gasteiger partial charge in [-0.05, 0) is 41.5 Å². The summed E-state index contributed by atoms with van der Waals surface area (Å²) in [5, 5.41) is 14.2. The van der Waals surface area contributed by atoms with Gasteiger partial charge in [0.1, 0.15) is 17.2 Å². The van der Waals surface area contributed by atoms with E-state index in [1.54, 1.807) is 55.4 Å². The first-order valence-electron chi connectivity index (χ1n) is 7.73. The molecule has 0 rings (SSSR count). The first-order valence-corrected chi connectivity index (χ1v) is 7.73. The largest absolute Gasteiger partial charge is 0.480 e. The number of carbonyl (C=O) groups is 3. The highest BCUT2D eigenvalue weighted by molar-refractivity contribution is 5.81. The van der Waals surface area contributed by atoms with Crippen LogP contribution in [0, 0.1) is 5.41 Å². The summed E-state index contributed by atoms with van der Waals surface area (Å²) in [6.07, 6.45) is -1.49. The molecule has 0 fully saturated rings. The fraction of sp³-hybridized carbons (Fsp3) is 0.812. The molecule has 0 aliphatic carbocycles. The van der Waals surface area contributed by atoms with Crippen LogP contribution >= 0.6 is 0 Å². The minimum Gasteiger partial charge on any atom is -0.480 e. The Bertz CT molecular complexity index is 474. The van der Waals surface area contributed by atoms with Crippen molar-refractivity contribution in [3.05, 3.63) is 0 Å². The molecule has 0 aromatic carbocycles. The number of alkyl carbamates (subject to hydrolysis) is 2. The van der Waals surface area contributed by atoms with Gasteiger partial charge in [-0.1, -0.05) is 13.8 Å². The molecule has 0 bridgehead atoms. The molecule has 3 N–H and O–H groups in total. The van der Waals surface area contributed by atoms with Crippen molar-refractivity contribution in [3.8, 4) is 0 Å². The summed E-state index contributed by atoms with van der Waals surface area (Å²) < 4.78 is 10.2. The summed E-state index contributed by atoms with van der Waals surface area (Å²) >= 11 is 0. The zero-order chi connectivity index (χ0) is 19.3. The minimum absolute atomic E-state index is 0.00528. The fourth-order valence-corrected chi connectivity index (χ4v) is 1.73. The van der Waals surface area contributed by atoms with Gasteiger partial charge in [-0.25, -0.2) is 14.4 Å². The van der Waals surface area contributed by atoms with Gasteiger partial charge >= 0.3 is 18.2 Å². The van der Waals surface area contributed by atoms with E-state index in [1.165, 1.54) is 0 Å². The molecule has 0 saturated carbocycles. The summed E-state index contributed by atoms with van der Waals surface area (Å²) in [5.74, 6) is -1.23. The fourth-order valence-electron chi connectivity index (χ4n) is 1.73. The third kappa shape index (κ3) is 9.22. The normalized spacial score (nSPS) is 13.7. The quantitative estimate of drug-likeness (QED) is 0.705. The number of aliphatic carboxylic acids is 1. The molecule has 0 heterocycles. The molecular formula is C16H30N2O6. The second kappa shape index (κ2) is 7.72. The molecule has 8 nitrogen and oxygen atoms in total. The summed E-state index contributed by atoms with van der Waals surface area (Å²) in [4.78, 5) is 35.1. The predicted octanol–water partition coefficient (Wildman–Crippen LogP) is 2.52. The van der Waals surface area contributed by atoms with Gasteiger partial charge in [-0.15, -0.1) is 0 Å². The monoisotopic (exact) mass is 346 g/mol. The molecule has 0 spiro atoms. The lowest BCUT2D eigenvalue weighted by Gasteiger charge is -2.33. The highest BCUT2D eigenvalue weighted by Gasteiger charge is 2.38. The van der Waals surface area contributed by atoms with Gasteiger partial charge in [0, 0.05) is 12.0 Å². The molecule has 2 amide bonds. The van der Waals surface area contributed by atoms with E-state index >= 15 is 0 Å².